The molecule has 6 heteroatoms. The van der Waals surface area contributed by atoms with Gasteiger partial charge < -0.3 is 10.7 Å². The molecule has 130 valence electrons. The quantitative estimate of drug-likeness (QED) is 0.581. The summed E-state index contributed by atoms with van der Waals surface area (Å²) in [6, 6.07) is 10.6. The number of hydrogen-bond acceptors (Lipinski definition) is 3. The number of nitrogens with one attached hydrogen (secondary N) is 1. The third-order valence-corrected chi connectivity index (χ3v) is 4.28. The van der Waals surface area contributed by atoms with E-state index in [4.69, 9.17) is 5.73 Å². The Labute approximate surface area is 148 Å². The zero-order valence-electron chi connectivity index (χ0n) is 13.8. The van der Waals surface area contributed by atoms with Crippen LogP contribution in [0.2, 0.25) is 0 Å². The molecular weight excluding hydrogens is 334 g/mol. The molecule has 0 fully saturated rings. The number of nitrogens with two attached hydrogens (primary N) is 1. The van der Waals surface area contributed by atoms with Crippen LogP contribution in [0, 0.1) is 11.6 Å². The first-order valence-corrected chi connectivity index (χ1v) is 8.19. The van der Waals surface area contributed by atoms with Gasteiger partial charge in [0.15, 0.2) is 0 Å². The van der Waals surface area contributed by atoms with Crippen LogP contribution >= 0.6 is 0 Å². The molecule has 4 aromatic rings. The lowest BCUT2D eigenvalue weighted by molar-refractivity contribution is 0.576. The Morgan fingerprint density at radius 2 is 1.85 bits per heavy atom. The summed E-state index contributed by atoms with van der Waals surface area (Å²) in [6.45, 7) is 0. The first-order valence-electron chi connectivity index (χ1n) is 8.19. The minimum atomic E-state index is -0.615. The van der Waals surface area contributed by atoms with Crippen molar-refractivity contribution in [1.29, 1.82) is 0 Å². The Morgan fingerprint density at radius 1 is 1.04 bits per heavy atom. The van der Waals surface area contributed by atoms with Gasteiger partial charge in [0.2, 0.25) is 0 Å². The van der Waals surface area contributed by atoms with Crippen LogP contribution < -0.4 is 5.73 Å². The minimum absolute atomic E-state index is 0.276. The first kappa shape index (κ1) is 16.4. The number of fused-ring (bicyclic) bond motifs is 1. The molecule has 3 N–H and O–H groups in total. The standard InChI is InChI=1S/C20H16F2N4/c21-15-6-12(7-16(22)10-15)8-18(23)19-17(2-1-4-24-19)14-9-13-3-5-25-20(13)26-11-14/h1-7,9-11,18H,8,23H2,(H,25,26). The zero-order valence-corrected chi connectivity index (χ0v) is 13.8. The van der Waals surface area contributed by atoms with Crippen molar-refractivity contribution in [3.63, 3.8) is 0 Å². The predicted octanol–water partition coefficient (Wildman–Crippen LogP) is 4.15. The maximum absolute atomic E-state index is 13.4. The number of nitrogens with zero attached hydrogens (tertiary/aromatic N) is 2. The van der Waals surface area contributed by atoms with Gasteiger partial charge >= 0.3 is 0 Å². The summed E-state index contributed by atoms with van der Waals surface area (Å²) in [6.07, 6.45) is 5.52. The second-order valence-corrected chi connectivity index (χ2v) is 6.16. The van der Waals surface area contributed by atoms with Crippen LogP contribution in [0.15, 0.2) is 61.1 Å². The van der Waals surface area contributed by atoms with E-state index < -0.39 is 17.7 Å². The summed E-state index contributed by atoms with van der Waals surface area (Å²) in [5.74, 6) is -1.23. The fraction of sp³-hybridized carbons (Fsp3) is 0.100. The highest BCUT2D eigenvalue weighted by Gasteiger charge is 2.16. The molecule has 0 spiro atoms. The van der Waals surface area contributed by atoms with Gasteiger partial charge in [0.1, 0.15) is 17.3 Å². The molecule has 1 unspecified atom stereocenters. The van der Waals surface area contributed by atoms with Gasteiger partial charge in [0.25, 0.3) is 0 Å². The Hall–Kier alpha value is -3.12. The van der Waals surface area contributed by atoms with Gasteiger partial charge in [0, 0.05) is 41.2 Å². The molecular formula is C20H16F2N4. The number of aromatic amines is 1. The molecule has 0 aliphatic carbocycles. The fourth-order valence-electron chi connectivity index (χ4n) is 3.12. The van der Waals surface area contributed by atoms with Gasteiger partial charge in [-0.25, -0.2) is 13.8 Å². The van der Waals surface area contributed by atoms with Crippen LogP contribution in [-0.4, -0.2) is 15.0 Å². The van der Waals surface area contributed by atoms with Crippen LogP contribution in [0.3, 0.4) is 0 Å². The van der Waals surface area contributed by atoms with E-state index in [9.17, 15) is 8.78 Å². The molecule has 0 saturated heterocycles. The van der Waals surface area contributed by atoms with Crippen LogP contribution in [0.1, 0.15) is 17.3 Å². The highest BCUT2D eigenvalue weighted by atomic mass is 19.1. The van der Waals surface area contributed by atoms with Gasteiger partial charge in [-0.1, -0.05) is 6.07 Å². The number of halogens is 2. The molecule has 3 heterocycles. The fourth-order valence-corrected chi connectivity index (χ4v) is 3.12. The van der Waals surface area contributed by atoms with E-state index >= 15 is 0 Å². The molecule has 1 aromatic carbocycles. The third kappa shape index (κ3) is 3.19. The molecule has 0 saturated carbocycles. The number of aromatic nitrogens is 3. The Morgan fingerprint density at radius 3 is 2.65 bits per heavy atom. The summed E-state index contributed by atoms with van der Waals surface area (Å²) in [7, 11) is 0. The molecule has 0 radical (unpaired) electrons. The highest BCUT2D eigenvalue weighted by molar-refractivity contribution is 5.81. The maximum atomic E-state index is 13.4. The van der Waals surface area contributed by atoms with Gasteiger partial charge in [-0.2, -0.15) is 0 Å². The molecule has 4 nitrogen and oxygen atoms in total. The summed E-state index contributed by atoms with van der Waals surface area (Å²) in [4.78, 5) is 11.9. The van der Waals surface area contributed by atoms with Crippen molar-refractivity contribution in [3.8, 4) is 11.1 Å². The minimum Gasteiger partial charge on any atom is -0.346 e. The summed E-state index contributed by atoms with van der Waals surface area (Å²) in [5.41, 5.74) is 10.0. The zero-order chi connectivity index (χ0) is 18.1. The van der Waals surface area contributed by atoms with Crippen LogP contribution in [0.4, 0.5) is 8.78 Å². The summed E-state index contributed by atoms with van der Waals surface area (Å²) >= 11 is 0. The molecule has 0 bridgehead atoms. The van der Waals surface area contributed by atoms with Gasteiger partial charge in [-0.15, -0.1) is 0 Å². The number of pyridine rings is 2. The van der Waals surface area contributed by atoms with Gasteiger partial charge in [0.05, 0.1) is 11.7 Å². The first-order chi connectivity index (χ1) is 12.6. The SMILES string of the molecule is NC(Cc1cc(F)cc(F)c1)c1ncccc1-c1cnc2[nH]ccc2c1. The van der Waals surface area contributed by atoms with Crippen molar-refractivity contribution < 1.29 is 8.78 Å². The summed E-state index contributed by atoms with van der Waals surface area (Å²) in [5, 5.41) is 0.984. The number of hydrogen-bond donors (Lipinski definition) is 2. The van der Waals surface area contributed by atoms with E-state index in [2.05, 4.69) is 15.0 Å². The normalized spacial score (nSPS) is 12.4. The van der Waals surface area contributed by atoms with Crippen molar-refractivity contribution in [2.24, 2.45) is 5.73 Å². The Bertz CT molecular complexity index is 1050. The molecule has 0 amide bonds. The predicted molar refractivity (Wildman–Crippen MR) is 96.3 cm³/mol. The maximum Gasteiger partial charge on any atom is 0.137 e. The third-order valence-electron chi connectivity index (χ3n) is 4.28. The molecule has 26 heavy (non-hydrogen) atoms. The average molecular weight is 350 g/mol. The van der Waals surface area contributed by atoms with Gasteiger partial charge in [-0.3, -0.25) is 4.98 Å². The van der Waals surface area contributed by atoms with E-state index in [-0.39, 0.29) is 6.42 Å². The summed E-state index contributed by atoms with van der Waals surface area (Å²) < 4.78 is 26.9. The van der Waals surface area contributed by atoms with Gasteiger partial charge in [-0.05, 0) is 42.3 Å². The largest absolute Gasteiger partial charge is 0.346 e. The smallest absolute Gasteiger partial charge is 0.137 e. The molecule has 0 aliphatic rings. The lowest BCUT2D eigenvalue weighted by atomic mass is 9.96. The van der Waals surface area contributed by atoms with E-state index in [1.54, 1.807) is 12.4 Å². The Kier molecular flexibility index (Phi) is 4.18. The van der Waals surface area contributed by atoms with E-state index in [0.717, 1.165) is 28.2 Å². The second-order valence-electron chi connectivity index (χ2n) is 6.16. The van der Waals surface area contributed by atoms with Crippen LogP contribution in [0.25, 0.3) is 22.2 Å². The van der Waals surface area contributed by atoms with Crippen molar-refractivity contribution >= 4 is 11.0 Å². The van der Waals surface area contributed by atoms with E-state index in [1.807, 2.05) is 30.5 Å². The van der Waals surface area contributed by atoms with E-state index in [1.165, 1.54) is 12.1 Å². The van der Waals surface area contributed by atoms with Crippen molar-refractivity contribution in [1.82, 2.24) is 15.0 Å². The highest BCUT2D eigenvalue weighted by Crippen LogP contribution is 2.28. The topological polar surface area (TPSA) is 67.6 Å². The van der Waals surface area contributed by atoms with Crippen LogP contribution in [-0.2, 0) is 6.42 Å². The average Bonchev–Trinajstić information content (AvgIpc) is 3.08. The van der Waals surface area contributed by atoms with E-state index in [0.29, 0.717) is 11.3 Å². The molecule has 0 aliphatic heterocycles. The molecule has 1 atom stereocenters. The van der Waals surface area contributed by atoms with Crippen molar-refractivity contribution in [2.45, 2.75) is 12.5 Å². The van der Waals surface area contributed by atoms with Crippen LogP contribution in [0.5, 0.6) is 0 Å². The van der Waals surface area contributed by atoms with Crippen molar-refractivity contribution in [3.05, 3.63) is 83.9 Å². The lowest BCUT2D eigenvalue weighted by Crippen LogP contribution is -2.16. The molecule has 4 rings (SSSR count). The molecule has 3 aromatic heterocycles. The lowest BCUT2D eigenvalue weighted by Gasteiger charge is -2.16. The monoisotopic (exact) mass is 350 g/mol. The number of benzene rings is 1. The number of rotatable bonds is 4. The Balaban J connectivity index is 1.70. The second kappa shape index (κ2) is 6.65. The number of H-pyrrole nitrogens is 1. The van der Waals surface area contributed by atoms with Crippen molar-refractivity contribution in [2.75, 3.05) is 0 Å².